The van der Waals surface area contributed by atoms with Crippen LogP contribution in [0.15, 0.2) is 23.3 Å². The minimum atomic E-state index is 0.0396. The third-order valence-corrected chi connectivity index (χ3v) is 6.24. The molecule has 0 aliphatic carbocycles. The molecule has 0 N–H and O–H groups in total. The molecule has 0 radical (unpaired) electrons. The third kappa shape index (κ3) is 3.17. The number of aromatic nitrogens is 3. The lowest BCUT2D eigenvalue weighted by molar-refractivity contribution is 0.0831. The molecular formula is C17H19N5OS2. The van der Waals surface area contributed by atoms with E-state index in [0.29, 0.717) is 5.92 Å². The van der Waals surface area contributed by atoms with Crippen LogP contribution in [0.25, 0.3) is 10.3 Å². The second kappa shape index (κ2) is 6.78. The van der Waals surface area contributed by atoms with E-state index < -0.39 is 0 Å². The normalized spacial score (nSPS) is 18.1. The van der Waals surface area contributed by atoms with Gasteiger partial charge in [-0.25, -0.2) is 9.97 Å². The predicted molar refractivity (Wildman–Crippen MR) is 100 cm³/mol. The highest BCUT2D eigenvalue weighted by Gasteiger charge is 2.32. The molecule has 130 valence electrons. The first kappa shape index (κ1) is 16.6. The zero-order valence-electron chi connectivity index (χ0n) is 14.2. The lowest BCUT2D eigenvalue weighted by Gasteiger charge is -2.16. The van der Waals surface area contributed by atoms with Crippen molar-refractivity contribution in [3.05, 3.63) is 39.4 Å². The first-order valence-corrected chi connectivity index (χ1v) is 9.94. The molecule has 1 fully saturated rings. The highest BCUT2D eigenvalue weighted by atomic mass is 32.1. The van der Waals surface area contributed by atoms with Crippen molar-refractivity contribution in [3.8, 4) is 0 Å². The number of hydrogen-bond acceptors (Lipinski definition) is 7. The zero-order valence-corrected chi connectivity index (χ0v) is 15.8. The summed E-state index contributed by atoms with van der Waals surface area (Å²) >= 11 is 3.09. The Morgan fingerprint density at radius 1 is 1.32 bits per heavy atom. The van der Waals surface area contributed by atoms with Gasteiger partial charge in [0.05, 0.1) is 16.1 Å². The van der Waals surface area contributed by atoms with Crippen LogP contribution in [0.4, 0.5) is 0 Å². The van der Waals surface area contributed by atoms with Crippen molar-refractivity contribution in [2.24, 2.45) is 0 Å². The van der Waals surface area contributed by atoms with Gasteiger partial charge in [-0.1, -0.05) is 0 Å². The van der Waals surface area contributed by atoms with Gasteiger partial charge in [-0.3, -0.25) is 14.7 Å². The van der Waals surface area contributed by atoms with Crippen LogP contribution in [0, 0.1) is 0 Å². The zero-order chi connectivity index (χ0) is 17.4. The Bertz CT molecular complexity index is 890. The van der Waals surface area contributed by atoms with E-state index in [2.05, 4.69) is 25.2 Å². The van der Waals surface area contributed by atoms with Crippen molar-refractivity contribution < 1.29 is 4.79 Å². The molecule has 1 saturated heterocycles. The average molecular weight is 374 g/mol. The van der Waals surface area contributed by atoms with Gasteiger partial charge in [0.15, 0.2) is 0 Å². The fourth-order valence-corrected chi connectivity index (χ4v) is 5.10. The van der Waals surface area contributed by atoms with E-state index in [0.717, 1.165) is 52.5 Å². The van der Waals surface area contributed by atoms with Crippen molar-refractivity contribution in [2.45, 2.75) is 18.9 Å². The lowest BCUT2D eigenvalue weighted by atomic mass is 9.97. The van der Waals surface area contributed by atoms with E-state index in [1.807, 2.05) is 5.51 Å². The summed E-state index contributed by atoms with van der Waals surface area (Å²) in [5, 5.41) is 2.10. The Balaban J connectivity index is 1.66. The van der Waals surface area contributed by atoms with Gasteiger partial charge in [-0.15, -0.1) is 22.7 Å². The van der Waals surface area contributed by atoms with Gasteiger partial charge in [-0.05, 0) is 13.0 Å². The minimum absolute atomic E-state index is 0.0396. The summed E-state index contributed by atoms with van der Waals surface area (Å²) in [5.41, 5.74) is 4.95. The third-order valence-electron chi connectivity index (χ3n) is 4.51. The Hall–Kier alpha value is -1.90. The maximum absolute atomic E-state index is 12.7. The van der Waals surface area contributed by atoms with Crippen LogP contribution >= 0.6 is 22.7 Å². The molecule has 0 bridgehead atoms. The quantitative estimate of drug-likeness (QED) is 0.704. The minimum Gasteiger partial charge on any atom is -0.344 e. The molecule has 3 aromatic heterocycles. The predicted octanol–water partition coefficient (Wildman–Crippen LogP) is 2.84. The van der Waals surface area contributed by atoms with Crippen molar-refractivity contribution in [1.82, 2.24) is 24.8 Å². The summed E-state index contributed by atoms with van der Waals surface area (Å²) in [6, 6.07) is 0. The largest absolute Gasteiger partial charge is 0.344 e. The fourth-order valence-electron chi connectivity index (χ4n) is 3.34. The van der Waals surface area contributed by atoms with Gasteiger partial charge in [-0.2, -0.15) is 0 Å². The molecule has 1 aliphatic heterocycles. The summed E-state index contributed by atoms with van der Waals surface area (Å²) in [6.45, 7) is 2.80. The molecule has 8 heteroatoms. The number of nitrogens with zero attached hydrogens (tertiary/aromatic N) is 5. The van der Waals surface area contributed by atoms with Crippen LogP contribution in [0.1, 0.15) is 33.3 Å². The lowest BCUT2D eigenvalue weighted by Crippen LogP contribution is -2.23. The van der Waals surface area contributed by atoms with Crippen molar-refractivity contribution in [2.75, 3.05) is 27.2 Å². The molecule has 3 aromatic rings. The molecule has 6 nitrogen and oxygen atoms in total. The molecule has 4 heterocycles. The van der Waals surface area contributed by atoms with Crippen LogP contribution in [-0.4, -0.2) is 57.8 Å². The monoisotopic (exact) mass is 373 g/mol. The number of fused-ring (bicyclic) bond motifs is 1. The standard InChI is InChI=1S/C17H19N5OS2/c1-21(2)17(23)15-13(14-16(25-15)19-5-4-18-14)11-3-6-22(7-11)8-12-9-24-10-20-12/h4-5,9-11H,3,6-8H2,1-2H3. The van der Waals surface area contributed by atoms with Crippen molar-refractivity contribution >= 4 is 38.9 Å². The van der Waals surface area contributed by atoms with Crippen LogP contribution in [0.5, 0.6) is 0 Å². The molecule has 4 rings (SSSR count). The number of thiazole rings is 1. The molecule has 1 amide bonds. The van der Waals surface area contributed by atoms with Crippen molar-refractivity contribution in [3.63, 3.8) is 0 Å². The molecule has 1 atom stereocenters. The smallest absolute Gasteiger partial charge is 0.263 e. The van der Waals surface area contributed by atoms with Gasteiger partial charge in [0.1, 0.15) is 10.3 Å². The summed E-state index contributed by atoms with van der Waals surface area (Å²) in [6.07, 6.45) is 4.43. The van der Waals surface area contributed by atoms with Crippen molar-refractivity contribution in [1.29, 1.82) is 0 Å². The van der Waals surface area contributed by atoms with Crippen LogP contribution in [-0.2, 0) is 6.54 Å². The first-order valence-electron chi connectivity index (χ1n) is 8.18. The number of rotatable bonds is 4. The highest BCUT2D eigenvalue weighted by Crippen LogP contribution is 2.39. The number of thiophene rings is 1. The van der Waals surface area contributed by atoms with E-state index in [1.165, 1.54) is 11.3 Å². The van der Waals surface area contributed by atoms with Gasteiger partial charge in [0.2, 0.25) is 0 Å². The van der Waals surface area contributed by atoms with Gasteiger partial charge >= 0.3 is 0 Å². The molecule has 25 heavy (non-hydrogen) atoms. The van der Waals surface area contributed by atoms with Gasteiger partial charge in [0.25, 0.3) is 5.91 Å². The van der Waals surface area contributed by atoms with E-state index in [1.54, 1.807) is 42.7 Å². The van der Waals surface area contributed by atoms with Crippen LogP contribution < -0.4 is 0 Å². The Morgan fingerprint density at radius 3 is 2.92 bits per heavy atom. The van der Waals surface area contributed by atoms with Gasteiger partial charge in [0, 0.05) is 56.4 Å². The van der Waals surface area contributed by atoms with Crippen LogP contribution in [0.2, 0.25) is 0 Å². The summed E-state index contributed by atoms with van der Waals surface area (Å²) in [7, 11) is 3.58. The molecule has 0 aromatic carbocycles. The maximum atomic E-state index is 12.7. The molecule has 0 spiro atoms. The van der Waals surface area contributed by atoms with Crippen LogP contribution in [0.3, 0.4) is 0 Å². The van der Waals surface area contributed by atoms with E-state index in [-0.39, 0.29) is 5.91 Å². The molecule has 1 aliphatic rings. The SMILES string of the molecule is CN(C)C(=O)c1sc2nccnc2c1C1CCN(Cc2cscn2)C1. The summed E-state index contributed by atoms with van der Waals surface area (Å²) < 4.78 is 0. The fraction of sp³-hybridized carbons (Fsp3) is 0.412. The van der Waals surface area contributed by atoms with E-state index >= 15 is 0 Å². The molecule has 0 saturated carbocycles. The Morgan fingerprint density at radius 2 is 2.16 bits per heavy atom. The molecular weight excluding hydrogens is 354 g/mol. The number of carbonyl (C=O) groups is 1. The van der Waals surface area contributed by atoms with Gasteiger partial charge < -0.3 is 4.90 Å². The topological polar surface area (TPSA) is 62.2 Å². The second-order valence-electron chi connectivity index (χ2n) is 6.46. The van der Waals surface area contributed by atoms with E-state index in [9.17, 15) is 4.79 Å². The highest BCUT2D eigenvalue weighted by molar-refractivity contribution is 7.20. The average Bonchev–Trinajstić information content (AvgIpc) is 3.33. The summed E-state index contributed by atoms with van der Waals surface area (Å²) in [5.74, 6) is 0.348. The number of amides is 1. The first-order chi connectivity index (χ1) is 12.1. The number of carbonyl (C=O) groups excluding carboxylic acids is 1. The second-order valence-corrected chi connectivity index (χ2v) is 8.17. The Labute approximate surface area is 154 Å². The Kier molecular flexibility index (Phi) is 4.49. The van der Waals surface area contributed by atoms with E-state index in [4.69, 9.17) is 0 Å². The summed E-state index contributed by atoms with van der Waals surface area (Å²) in [4.78, 5) is 31.7. The molecule has 1 unspecified atom stereocenters. The maximum Gasteiger partial charge on any atom is 0.263 e. The number of likely N-dealkylation sites (tertiary alicyclic amines) is 1. The number of hydrogen-bond donors (Lipinski definition) is 0.